The van der Waals surface area contributed by atoms with Crippen LogP contribution < -0.4 is 10.6 Å². The maximum Gasteiger partial charge on any atom is 0.471 e. The first-order chi connectivity index (χ1) is 19.0. The summed E-state index contributed by atoms with van der Waals surface area (Å²) in [7, 11) is 0. The van der Waals surface area contributed by atoms with Crippen LogP contribution in [0.4, 0.5) is 17.6 Å². The number of fused-ring (bicyclic) bond motifs is 2. The van der Waals surface area contributed by atoms with Crippen LogP contribution in [0.2, 0.25) is 0 Å². The summed E-state index contributed by atoms with van der Waals surface area (Å²) in [5.74, 6) is -1.24. The van der Waals surface area contributed by atoms with Gasteiger partial charge in [0.15, 0.2) is 0 Å². The fourth-order valence-electron chi connectivity index (χ4n) is 4.24. The largest absolute Gasteiger partial charge is 0.471 e. The zero-order valence-corrected chi connectivity index (χ0v) is 25.7. The van der Waals surface area contributed by atoms with Gasteiger partial charge < -0.3 is 15.5 Å². The van der Waals surface area contributed by atoms with E-state index in [9.17, 15) is 31.9 Å². The van der Waals surface area contributed by atoms with Gasteiger partial charge in [0.1, 0.15) is 11.9 Å². The molecule has 3 heterocycles. The maximum atomic E-state index is 13.1. The molecule has 3 amide bonds. The summed E-state index contributed by atoms with van der Waals surface area (Å²) in [6.45, 7) is 15.3. The molecule has 1 saturated carbocycles. The van der Waals surface area contributed by atoms with E-state index in [4.69, 9.17) is 5.26 Å². The lowest BCUT2D eigenvalue weighted by atomic mass is 10.1. The number of carbonyl (C=O) groups is 3. The number of carbonyl (C=O) groups excluding carboxylic acids is 3. The zero-order valence-electron chi connectivity index (χ0n) is 24.1. The number of halogens is 5. The molecule has 0 spiro atoms. The Labute approximate surface area is 245 Å². The van der Waals surface area contributed by atoms with Gasteiger partial charge in [-0.05, 0) is 45.2 Å². The highest BCUT2D eigenvalue weighted by Crippen LogP contribution is 2.61. The number of hydrogen-bond acceptors (Lipinski definition) is 5. The van der Waals surface area contributed by atoms with Crippen LogP contribution in [-0.2, 0) is 14.4 Å². The second-order valence-corrected chi connectivity index (χ2v) is 11.3. The predicted molar refractivity (Wildman–Crippen MR) is 149 cm³/mol. The zero-order chi connectivity index (χ0) is 31.7. The Hall–Kier alpha value is -3.21. The molecule has 228 valence electrons. The van der Waals surface area contributed by atoms with E-state index in [1.807, 2.05) is 19.9 Å². The Bertz CT molecular complexity index is 1230. The molecule has 0 radical (unpaired) electrons. The van der Waals surface area contributed by atoms with Gasteiger partial charge in [-0.2, -0.15) is 23.5 Å². The molecule has 41 heavy (non-hydrogen) atoms. The molecule has 3 atom stereocenters. The SMILES string of the molecule is CC.CC(C)C.CC1(C)C2CN(C(=O)CNC(=O)C(F)(F)F)CC21.N#CC(NC=O)c1cnn2cc(F)cc(Br)c12. The van der Waals surface area contributed by atoms with Crippen molar-refractivity contribution in [1.82, 2.24) is 25.1 Å². The molecule has 2 fully saturated rings. The Kier molecular flexibility index (Phi) is 13.2. The molecule has 3 unspecified atom stereocenters. The summed E-state index contributed by atoms with van der Waals surface area (Å²) < 4.78 is 50.6. The minimum absolute atomic E-state index is 0.242. The van der Waals surface area contributed by atoms with Crippen LogP contribution in [0.1, 0.15) is 60.1 Å². The molecular weight excluding hydrogens is 612 g/mol. The smallest absolute Gasteiger partial charge is 0.341 e. The fraction of sp³-hybridized carbons (Fsp3) is 0.593. The second-order valence-electron chi connectivity index (χ2n) is 10.5. The van der Waals surface area contributed by atoms with Crippen molar-refractivity contribution in [2.24, 2.45) is 23.2 Å². The van der Waals surface area contributed by atoms with E-state index >= 15 is 0 Å². The molecule has 0 aromatic carbocycles. The van der Waals surface area contributed by atoms with Crippen LogP contribution in [0, 0.1) is 40.3 Å². The van der Waals surface area contributed by atoms with Crippen LogP contribution in [0.15, 0.2) is 22.9 Å². The molecule has 2 aromatic heterocycles. The van der Waals surface area contributed by atoms with Crippen LogP contribution in [-0.4, -0.2) is 58.5 Å². The quantitative estimate of drug-likeness (QED) is 0.349. The third-order valence-corrected chi connectivity index (χ3v) is 6.97. The highest BCUT2D eigenvalue weighted by molar-refractivity contribution is 9.10. The predicted octanol–water partition coefficient (Wildman–Crippen LogP) is 5.01. The van der Waals surface area contributed by atoms with Crippen LogP contribution in [0.3, 0.4) is 0 Å². The lowest BCUT2D eigenvalue weighted by Gasteiger charge is -2.22. The minimum atomic E-state index is -4.94. The number of amides is 3. The summed E-state index contributed by atoms with van der Waals surface area (Å²) in [6, 6.07) is 2.39. The van der Waals surface area contributed by atoms with Crippen LogP contribution in [0.25, 0.3) is 5.52 Å². The van der Waals surface area contributed by atoms with E-state index in [0.717, 1.165) is 5.92 Å². The summed E-state index contributed by atoms with van der Waals surface area (Å²) >= 11 is 3.20. The number of pyridine rings is 1. The molecule has 0 bridgehead atoms. The van der Waals surface area contributed by atoms with Crippen molar-refractivity contribution in [2.45, 2.75) is 60.7 Å². The number of aromatic nitrogens is 2. The Balaban J connectivity index is 0.000000345. The van der Waals surface area contributed by atoms with Gasteiger partial charge in [0, 0.05) is 23.1 Å². The fourth-order valence-corrected chi connectivity index (χ4v) is 4.87. The first-order valence-corrected chi connectivity index (χ1v) is 13.9. The average molecular weight is 650 g/mol. The highest BCUT2D eigenvalue weighted by Gasteiger charge is 2.62. The van der Waals surface area contributed by atoms with E-state index in [0.29, 0.717) is 46.9 Å². The van der Waals surface area contributed by atoms with E-state index in [-0.39, 0.29) is 5.41 Å². The van der Waals surface area contributed by atoms with Crippen molar-refractivity contribution in [2.75, 3.05) is 19.6 Å². The second kappa shape index (κ2) is 15.1. The number of hydrogen-bond donors (Lipinski definition) is 2. The lowest BCUT2D eigenvalue weighted by molar-refractivity contribution is -0.174. The third-order valence-electron chi connectivity index (χ3n) is 6.37. The first-order valence-electron chi connectivity index (χ1n) is 13.1. The normalized spacial score (nSPS) is 18.7. The number of nitrogens with one attached hydrogen (secondary N) is 2. The number of nitriles is 1. The van der Waals surface area contributed by atoms with Gasteiger partial charge in [-0.25, -0.2) is 8.91 Å². The van der Waals surface area contributed by atoms with Crippen molar-refractivity contribution in [3.63, 3.8) is 0 Å². The van der Waals surface area contributed by atoms with Gasteiger partial charge in [-0.15, -0.1) is 0 Å². The Morgan fingerprint density at radius 3 is 2.24 bits per heavy atom. The number of likely N-dealkylation sites (tertiary alicyclic amines) is 1. The van der Waals surface area contributed by atoms with Crippen molar-refractivity contribution in [1.29, 1.82) is 5.26 Å². The molecule has 9 nitrogen and oxygen atoms in total. The molecule has 14 heteroatoms. The molecule has 1 saturated heterocycles. The van der Waals surface area contributed by atoms with Gasteiger partial charge in [-0.1, -0.05) is 48.5 Å². The highest BCUT2D eigenvalue weighted by atomic mass is 79.9. The molecule has 2 N–H and O–H groups in total. The summed E-state index contributed by atoms with van der Waals surface area (Å²) in [4.78, 5) is 34.1. The maximum absolute atomic E-state index is 13.1. The van der Waals surface area contributed by atoms with E-state index in [2.05, 4.69) is 61.0 Å². The van der Waals surface area contributed by atoms with Crippen molar-refractivity contribution >= 4 is 39.7 Å². The molecule has 1 aliphatic carbocycles. The molecular formula is C27H37BrF4N6O3. The van der Waals surface area contributed by atoms with Crippen molar-refractivity contribution in [3.8, 4) is 6.07 Å². The first kappa shape index (κ1) is 35.8. The van der Waals surface area contributed by atoms with Gasteiger partial charge in [0.25, 0.3) is 0 Å². The topological polar surface area (TPSA) is 120 Å². The summed E-state index contributed by atoms with van der Waals surface area (Å²) in [5.41, 5.74) is 1.30. The van der Waals surface area contributed by atoms with Gasteiger partial charge >= 0.3 is 12.1 Å². The molecule has 2 aromatic rings. The van der Waals surface area contributed by atoms with Gasteiger partial charge in [0.2, 0.25) is 12.3 Å². The summed E-state index contributed by atoms with van der Waals surface area (Å²) in [5, 5.41) is 16.8. The number of rotatable bonds is 5. The average Bonchev–Trinajstić information content (AvgIpc) is 3.29. The van der Waals surface area contributed by atoms with E-state index in [1.165, 1.54) is 27.9 Å². The molecule has 4 rings (SSSR count). The third kappa shape index (κ3) is 9.69. The number of nitrogens with zero attached hydrogens (tertiary/aromatic N) is 4. The van der Waals surface area contributed by atoms with Crippen molar-refractivity contribution < 1.29 is 31.9 Å². The summed E-state index contributed by atoms with van der Waals surface area (Å²) in [6.07, 6.45) is -1.88. The van der Waals surface area contributed by atoms with Crippen molar-refractivity contribution in [3.05, 3.63) is 34.3 Å². The van der Waals surface area contributed by atoms with E-state index in [1.54, 1.807) is 5.32 Å². The van der Waals surface area contributed by atoms with Crippen LogP contribution >= 0.6 is 15.9 Å². The van der Waals surface area contributed by atoms with Gasteiger partial charge in [-0.3, -0.25) is 14.4 Å². The standard InChI is InChI=1S/C11H15F3N2O2.C10H6BrFN4O.C4H10.C2H6/c1-10(2)6-4-16(5-7(6)10)8(17)3-15-9(18)11(12,13)14;11-8-1-6(12)4-16-10(8)7(3-15-16)9(2-13)14-5-17;1-4(2)3;1-2/h6-7H,3-5H2,1-2H3,(H,15,18);1,3-5,9H,(H,14,17);4H,1-3H3;1-2H3. The van der Waals surface area contributed by atoms with Gasteiger partial charge in [0.05, 0.1) is 30.5 Å². The van der Waals surface area contributed by atoms with Crippen LogP contribution in [0.5, 0.6) is 0 Å². The monoisotopic (exact) mass is 648 g/mol. The lowest BCUT2D eigenvalue weighted by Crippen LogP contribution is -2.44. The Morgan fingerprint density at radius 1 is 1.24 bits per heavy atom. The molecule has 1 aliphatic heterocycles. The Morgan fingerprint density at radius 2 is 1.78 bits per heavy atom. The minimum Gasteiger partial charge on any atom is -0.341 e. The number of alkyl halides is 3. The van der Waals surface area contributed by atoms with E-state index < -0.39 is 36.4 Å². The molecule has 2 aliphatic rings. The number of piperidine rings is 1.